The van der Waals surface area contributed by atoms with E-state index >= 15 is 0 Å². The van der Waals surface area contributed by atoms with Gasteiger partial charge in [-0.05, 0) is 35.9 Å². The maximum absolute atomic E-state index is 12.9. The number of alkyl halides is 3. The van der Waals surface area contributed by atoms with E-state index in [-0.39, 0.29) is 24.9 Å². The largest absolute Gasteiger partial charge is 0.454 e. The molecule has 10 heteroatoms. The number of hydrogen-bond donors (Lipinski definition) is 2. The lowest BCUT2D eigenvalue weighted by Gasteiger charge is -2.09. The first kappa shape index (κ1) is 19.6. The van der Waals surface area contributed by atoms with Crippen molar-refractivity contribution in [2.75, 3.05) is 18.7 Å². The summed E-state index contributed by atoms with van der Waals surface area (Å²) < 4.78 is 50.4. The normalized spacial score (nSPS) is 12.6. The Morgan fingerprint density at radius 1 is 1.10 bits per heavy atom. The molecule has 1 aliphatic rings. The summed E-state index contributed by atoms with van der Waals surface area (Å²) in [6.07, 6.45) is -2.91. The van der Waals surface area contributed by atoms with Gasteiger partial charge in [-0.15, -0.1) is 0 Å². The van der Waals surface area contributed by atoms with Crippen LogP contribution in [-0.4, -0.2) is 29.0 Å². The molecule has 3 aromatic rings. The van der Waals surface area contributed by atoms with Crippen LogP contribution in [-0.2, 0) is 17.5 Å². The van der Waals surface area contributed by atoms with Gasteiger partial charge in [0, 0.05) is 18.8 Å². The first-order valence-electron chi connectivity index (χ1n) is 9.01. The summed E-state index contributed by atoms with van der Waals surface area (Å²) in [6, 6.07) is 11.8. The molecule has 1 amide bonds. The lowest BCUT2D eigenvalue weighted by atomic mass is 10.2. The standard InChI is InChI=1S/C20H17F3N4O3/c21-20(22,23)14-2-1-3-15(9-14)27-7-6-18(26-27)24-11-19(28)25-10-13-4-5-16-17(8-13)30-12-29-16/h1-9H,10-12H2,(H,24,26)(H,25,28). The van der Waals surface area contributed by atoms with E-state index in [0.29, 0.717) is 23.9 Å². The van der Waals surface area contributed by atoms with Crippen LogP contribution in [0.3, 0.4) is 0 Å². The Hall–Kier alpha value is -3.69. The third-order valence-electron chi connectivity index (χ3n) is 4.38. The van der Waals surface area contributed by atoms with Crippen molar-refractivity contribution >= 4 is 11.7 Å². The molecule has 0 spiro atoms. The molecule has 0 radical (unpaired) electrons. The van der Waals surface area contributed by atoms with E-state index in [0.717, 1.165) is 17.7 Å². The third kappa shape index (κ3) is 4.48. The van der Waals surface area contributed by atoms with Gasteiger partial charge in [0.15, 0.2) is 11.5 Å². The highest BCUT2D eigenvalue weighted by Crippen LogP contribution is 2.32. The van der Waals surface area contributed by atoms with Gasteiger partial charge in [-0.1, -0.05) is 12.1 Å². The molecule has 4 rings (SSSR count). The molecule has 30 heavy (non-hydrogen) atoms. The Morgan fingerprint density at radius 2 is 1.93 bits per heavy atom. The molecule has 2 heterocycles. The predicted molar refractivity (Wildman–Crippen MR) is 101 cm³/mol. The molecule has 0 atom stereocenters. The minimum Gasteiger partial charge on any atom is -0.454 e. The van der Waals surface area contributed by atoms with E-state index in [1.165, 1.54) is 23.0 Å². The number of nitrogens with zero attached hydrogens (tertiary/aromatic N) is 2. The van der Waals surface area contributed by atoms with Crippen LogP contribution in [0.25, 0.3) is 5.69 Å². The Balaban J connectivity index is 1.30. The molecule has 2 N–H and O–H groups in total. The summed E-state index contributed by atoms with van der Waals surface area (Å²) in [5.41, 5.74) is 0.375. The molecule has 1 aromatic heterocycles. The molecule has 7 nitrogen and oxygen atoms in total. The molecule has 0 saturated carbocycles. The Kier molecular flexibility index (Phi) is 5.21. The van der Waals surface area contributed by atoms with Crippen LogP contribution in [0.4, 0.5) is 19.0 Å². The van der Waals surface area contributed by atoms with Crippen LogP contribution in [0.1, 0.15) is 11.1 Å². The molecule has 0 aliphatic carbocycles. The second-order valence-corrected chi connectivity index (χ2v) is 6.51. The summed E-state index contributed by atoms with van der Waals surface area (Å²) in [5.74, 6) is 1.41. The number of aromatic nitrogens is 2. The van der Waals surface area contributed by atoms with Crippen molar-refractivity contribution in [1.29, 1.82) is 0 Å². The van der Waals surface area contributed by atoms with Crippen LogP contribution in [0.15, 0.2) is 54.7 Å². The van der Waals surface area contributed by atoms with E-state index in [1.807, 2.05) is 6.07 Å². The van der Waals surface area contributed by atoms with Crippen LogP contribution < -0.4 is 20.1 Å². The molecule has 1 aliphatic heterocycles. The van der Waals surface area contributed by atoms with Crippen LogP contribution in [0.2, 0.25) is 0 Å². The summed E-state index contributed by atoms with van der Waals surface area (Å²) in [4.78, 5) is 12.1. The lowest BCUT2D eigenvalue weighted by molar-refractivity contribution is -0.137. The highest BCUT2D eigenvalue weighted by atomic mass is 19.4. The minimum absolute atomic E-state index is 0.0375. The SMILES string of the molecule is O=C(CNc1ccn(-c2cccc(C(F)(F)F)c2)n1)NCc1ccc2c(c1)OCO2. The maximum atomic E-state index is 12.9. The van der Waals surface area contributed by atoms with Gasteiger partial charge in [0.2, 0.25) is 12.7 Å². The molecule has 0 unspecified atom stereocenters. The zero-order valence-corrected chi connectivity index (χ0v) is 15.6. The first-order chi connectivity index (χ1) is 14.4. The first-order valence-corrected chi connectivity index (χ1v) is 9.01. The number of carbonyl (C=O) groups excluding carboxylic acids is 1. The number of carbonyl (C=O) groups is 1. The fourth-order valence-corrected chi connectivity index (χ4v) is 2.87. The smallest absolute Gasteiger partial charge is 0.416 e. The number of hydrogen-bond acceptors (Lipinski definition) is 5. The zero-order valence-electron chi connectivity index (χ0n) is 15.6. The average Bonchev–Trinajstić information content (AvgIpc) is 3.39. The highest BCUT2D eigenvalue weighted by Gasteiger charge is 2.30. The fraction of sp³-hybridized carbons (Fsp3) is 0.200. The van der Waals surface area contributed by atoms with E-state index in [1.54, 1.807) is 18.2 Å². The molecule has 156 valence electrons. The van der Waals surface area contributed by atoms with Gasteiger partial charge in [-0.25, -0.2) is 4.68 Å². The highest BCUT2D eigenvalue weighted by molar-refractivity contribution is 5.80. The van der Waals surface area contributed by atoms with Crippen molar-refractivity contribution in [2.45, 2.75) is 12.7 Å². The molecule has 0 saturated heterocycles. The van der Waals surface area contributed by atoms with Crippen molar-refractivity contribution < 1.29 is 27.4 Å². The molecular formula is C20H17F3N4O3. The fourth-order valence-electron chi connectivity index (χ4n) is 2.87. The number of ether oxygens (including phenoxy) is 2. The van der Waals surface area contributed by atoms with Gasteiger partial charge in [-0.2, -0.15) is 18.3 Å². The van der Waals surface area contributed by atoms with Gasteiger partial charge >= 0.3 is 6.18 Å². The van der Waals surface area contributed by atoms with Crippen molar-refractivity contribution in [3.63, 3.8) is 0 Å². The van der Waals surface area contributed by atoms with Crippen LogP contribution in [0.5, 0.6) is 11.5 Å². The molecular weight excluding hydrogens is 401 g/mol. The summed E-state index contributed by atoms with van der Waals surface area (Å²) in [7, 11) is 0. The maximum Gasteiger partial charge on any atom is 0.416 e. The van der Waals surface area contributed by atoms with Gasteiger partial charge in [0.1, 0.15) is 5.82 Å². The number of anilines is 1. The second-order valence-electron chi connectivity index (χ2n) is 6.51. The van der Waals surface area contributed by atoms with E-state index in [2.05, 4.69) is 15.7 Å². The topological polar surface area (TPSA) is 77.4 Å². The van der Waals surface area contributed by atoms with E-state index < -0.39 is 11.7 Å². The Bertz CT molecular complexity index is 1070. The van der Waals surface area contributed by atoms with Crippen LogP contribution in [0, 0.1) is 0 Å². The van der Waals surface area contributed by atoms with Crippen molar-refractivity contribution in [1.82, 2.24) is 15.1 Å². The van der Waals surface area contributed by atoms with Gasteiger partial charge in [-0.3, -0.25) is 4.79 Å². The Morgan fingerprint density at radius 3 is 2.77 bits per heavy atom. The second kappa shape index (κ2) is 7.97. The zero-order chi connectivity index (χ0) is 21.1. The minimum atomic E-state index is -4.43. The van der Waals surface area contributed by atoms with E-state index in [4.69, 9.17) is 9.47 Å². The monoisotopic (exact) mass is 418 g/mol. The summed E-state index contributed by atoms with van der Waals surface area (Å²) >= 11 is 0. The molecule has 0 fully saturated rings. The molecule has 0 bridgehead atoms. The number of fused-ring (bicyclic) bond motifs is 1. The number of benzene rings is 2. The van der Waals surface area contributed by atoms with Gasteiger partial charge in [0.25, 0.3) is 0 Å². The summed E-state index contributed by atoms with van der Waals surface area (Å²) in [6.45, 7) is 0.461. The number of halogens is 3. The van der Waals surface area contributed by atoms with Crippen LogP contribution >= 0.6 is 0 Å². The van der Waals surface area contributed by atoms with Crippen molar-refractivity contribution in [2.24, 2.45) is 0 Å². The quantitative estimate of drug-likeness (QED) is 0.642. The Labute approximate surface area is 169 Å². The van der Waals surface area contributed by atoms with E-state index in [9.17, 15) is 18.0 Å². The number of rotatable bonds is 6. The predicted octanol–water partition coefficient (Wildman–Crippen LogP) is 3.35. The number of amides is 1. The van der Waals surface area contributed by atoms with Gasteiger partial charge in [0.05, 0.1) is 17.8 Å². The van der Waals surface area contributed by atoms with Crippen molar-refractivity contribution in [3.05, 3.63) is 65.9 Å². The van der Waals surface area contributed by atoms with Gasteiger partial charge < -0.3 is 20.1 Å². The summed E-state index contributed by atoms with van der Waals surface area (Å²) in [5, 5.41) is 9.77. The number of nitrogens with one attached hydrogen (secondary N) is 2. The van der Waals surface area contributed by atoms with Crippen molar-refractivity contribution in [3.8, 4) is 17.2 Å². The lowest BCUT2D eigenvalue weighted by Crippen LogP contribution is -2.29. The average molecular weight is 418 g/mol. The third-order valence-corrected chi connectivity index (χ3v) is 4.38. The molecule has 2 aromatic carbocycles.